The van der Waals surface area contributed by atoms with Crippen molar-refractivity contribution in [2.45, 2.75) is 6.10 Å². The standard InChI is InChI=1S/C17H14FNO4/c1-22-17(21)15-10-19(13-7-2-3-8-14(13)23-15)16(20)11-5-4-6-12(18)9-11/h2-9,15H,10H2,1H3. The van der Waals surface area contributed by atoms with Gasteiger partial charge in [0.25, 0.3) is 5.91 Å². The zero-order valence-electron chi connectivity index (χ0n) is 12.4. The summed E-state index contributed by atoms with van der Waals surface area (Å²) in [5, 5.41) is 0. The van der Waals surface area contributed by atoms with Crippen LogP contribution >= 0.6 is 0 Å². The molecule has 2 aromatic carbocycles. The summed E-state index contributed by atoms with van der Waals surface area (Å²) in [6, 6.07) is 12.3. The number of carbonyl (C=O) groups is 2. The lowest BCUT2D eigenvalue weighted by Crippen LogP contribution is -2.47. The molecule has 6 heteroatoms. The molecule has 0 radical (unpaired) electrons. The number of methoxy groups -OCH3 is 1. The molecule has 0 saturated heterocycles. The van der Waals surface area contributed by atoms with Crippen LogP contribution in [0.25, 0.3) is 0 Å². The van der Waals surface area contributed by atoms with E-state index in [1.807, 2.05) is 0 Å². The van der Waals surface area contributed by atoms with Gasteiger partial charge in [-0.2, -0.15) is 0 Å². The van der Waals surface area contributed by atoms with Crippen molar-refractivity contribution in [1.29, 1.82) is 0 Å². The van der Waals surface area contributed by atoms with Gasteiger partial charge in [-0.05, 0) is 30.3 Å². The van der Waals surface area contributed by atoms with E-state index in [1.54, 1.807) is 24.3 Å². The summed E-state index contributed by atoms with van der Waals surface area (Å²) >= 11 is 0. The van der Waals surface area contributed by atoms with Crippen LogP contribution in [0.2, 0.25) is 0 Å². The number of hydrogen-bond acceptors (Lipinski definition) is 4. The third-order valence-electron chi connectivity index (χ3n) is 3.55. The fourth-order valence-corrected chi connectivity index (χ4v) is 2.46. The highest BCUT2D eigenvalue weighted by atomic mass is 19.1. The van der Waals surface area contributed by atoms with E-state index in [0.717, 1.165) is 6.07 Å². The predicted octanol–water partition coefficient (Wildman–Crippen LogP) is 2.41. The van der Waals surface area contributed by atoms with Gasteiger partial charge in [0.05, 0.1) is 19.3 Å². The summed E-state index contributed by atoms with van der Waals surface area (Å²) in [6.45, 7) is -0.000959. The molecule has 1 unspecified atom stereocenters. The summed E-state index contributed by atoms with van der Waals surface area (Å²) in [4.78, 5) is 25.9. The molecule has 1 amide bonds. The Hall–Kier alpha value is -2.89. The largest absolute Gasteiger partial charge is 0.475 e. The van der Waals surface area contributed by atoms with E-state index in [-0.39, 0.29) is 12.1 Å². The Morgan fingerprint density at radius 2 is 2.00 bits per heavy atom. The highest BCUT2D eigenvalue weighted by Gasteiger charge is 2.34. The van der Waals surface area contributed by atoms with Crippen molar-refractivity contribution >= 4 is 17.6 Å². The number of hydrogen-bond donors (Lipinski definition) is 0. The number of rotatable bonds is 2. The molecule has 5 nitrogen and oxygen atoms in total. The fourth-order valence-electron chi connectivity index (χ4n) is 2.46. The molecule has 0 N–H and O–H groups in total. The SMILES string of the molecule is COC(=O)C1CN(C(=O)c2cccc(F)c2)c2ccccc2O1. The van der Waals surface area contributed by atoms with E-state index in [1.165, 1.54) is 30.2 Å². The highest BCUT2D eigenvalue weighted by Crippen LogP contribution is 2.34. The van der Waals surface area contributed by atoms with Crippen LogP contribution in [0.3, 0.4) is 0 Å². The lowest BCUT2D eigenvalue weighted by molar-refractivity contribution is -0.148. The molecule has 0 aliphatic carbocycles. The number of carbonyl (C=O) groups excluding carboxylic acids is 2. The molecule has 0 aromatic heterocycles. The summed E-state index contributed by atoms with van der Waals surface area (Å²) in [6.07, 6.45) is -0.924. The number of para-hydroxylation sites is 2. The molecule has 23 heavy (non-hydrogen) atoms. The molecule has 0 spiro atoms. The third kappa shape index (κ3) is 2.88. The van der Waals surface area contributed by atoms with Gasteiger partial charge < -0.3 is 14.4 Å². The Labute approximate surface area is 132 Å². The summed E-state index contributed by atoms with van der Waals surface area (Å²) in [5.41, 5.74) is 0.729. The van der Waals surface area contributed by atoms with Crippen molar-refractivity contribution < 1.29 is 23.5 Å². The van der Waals surface area contributed by atoms with E-state index in [4.69, 9.17) is 9.47 Å². The second kappa shape index (κ2) is 6.08. The third-order valence-corrected chi connectivity index (χ3v) is 3.55. The van der Waals surface area contributed by atoms with Crippen LogP contribution in [0.4, 0.5) is 10.1 Å². The Bertz CT molecular complexity index is 762. The molecule has 1 aliphatic heterocycles. The Kier molecular flexibility index (Phi) is 3.97. The smallest absolute Gasteiger partial charge is 0.348 e. The van der Waals surface area contributed by atoms with Crippen LogP contribution in [-0.4, -0.2) is 31.6 Å². The normalized spacial score (nSPS) is 16.3. The fraction of sp³-hybridized carbons (Fsp3) is 0.176. The number of anilines is 1. The number of amides is 1. The molecular weight excluding hydrogens is 301 g/mol. The number of fused-ring (bicyclic) bond motifs is 1. The van der Waals surface area contributed by atoms with Crippen molar-refractivity contribution in [1.82, 2.24) is 0 Å². The van der Waals surface area contributed by atoms with Crippen LogP contribution in [-0.2, 0) is 9.53 Å². The first-order valence-electron chi connectivity index (χ1n) is 7.01. The Morgan fingerprint density at radius 3 is 2.74 bits per heavy atom. The number of ether oxygens (including phenoxy) is 2. The minimum atomic E-state index is -0.924. The van der Waals surface area contributed by atoms with Crippen molar-refractivity contribution in [3.63, 3.8) is 0 Å². The van der Waals surface area contributed by atoms with E-state index >= 15 is 0 Å². The summed E-state index contributed by atoms with van der Waals surface area (Å²) in [7, 11) is 1.25. The second-order valence-electron chi connectivity index (χ2n) is 5.02. The zero-order valence-corrected chi connectivity index (χ0v) is 12.4. The van der Waals surface area contributed by atoms with Gasteiger partial charge in [0.2, 0.25) is 6.10 Å². The molecule has 3 rings (SSSR count). The van der Waals surface area contributed by atoms with E-state index < -0.39 is 23.8 Å². The van der Waals surface area contributed by atoms with Crippen molar-refractivity contribution in [2.24, 2.45) is 0 Å². The summed E-state index contributed by atoms with van der Waals surface area (Å²) in [5.74, 6) is -1.08. The highest BCUT2D eigenvalue weighted by molar-refractivity contribution is 6.07. The average molecular weight is 315 g/mol. The molecular formula is C17H14FNO4. The minimum Gasteiger partial charge on any atom is -0.475 e. The summed E-state index contributed by atoms with van der Waals surface area (Å²) < 4.78 is 23.7. The Balaban J connectivity index is 1.99. The monoisotopic (exact) mass is 315 g/mol. The first kappa shape index (κ1) is 15.0. The van der Waals surface area contributed by atoms with Crippen molar-refractivity contribution in [2.75, 3.05) is 18.6 Å². The topological polar surface area (TPSA) is 55.8 Å². The van der Waals surface area contributed by atoms with Crippen molar-refractivity contribution in [3.8, 4) is 5.75 Å². The van der Waals surface area contributed by atoms with Gasteiger partial charge in [0, 0.05) is 5.56 Å². The quantitative estimate of drug-likeness (QED) is 0.799. The molecule has 1 heterocycles. The Morgan fingerprint density at radius 1 is 1.22 bits per heavy atom. The van der Waals surface area contributed by atoms with Crippen LogP contribution < -0.4 is 9.64 Å². The number of esters is 1. The van der Waals surface area contributed by atoms with E-state index in [2.05, 4.69) is 0 Å². The molecule has 1 atom stereocenters. The maximum absolute atomic E-state index is 13.4. The lowest BCUT2D eigenvalue weighted by atomic mass is 10.1. The first-order valence-corrected chi connectivity index (χ1v) is 7.01. The second-order valence-corrected chi connectivity index (χ2v) is 5.02. The molecule has 1 aliphatic rings. The van der Waals surface area contributed by atoms with Crippen LogP contribution in [0.15, 0.2) is 48.5 Å². The minimum absolute atomic E-state index is 0.000959. The molecule has 2 aromatic rings. The molecule has 0 bridgehead atoms. The molecule has 0 saturated carbocycles. The van der Waals surface area contributed by atoms with Crippen LogP contribution in [0.5, 0.6) is 5.75 Å². The number of benzene rings is 2. The first-order chi connectivity index (χ1) is 11.1. The molecule has 0 fully saturated rings. The van der Waals surface area contributed by atoms with Crippen LogP contribution in [0, 0.1) is 5.82 Å². The zero-order chi connectivity index (χ0) is 16.4. The number of nitrogens with zero attached hydrogens (tertiary/aromatic N) is 1. The van der Waals surface area contributed by atoms with E-state index in [0.29, 0.717) is 11.4 Å². The van der Waals surface area contributed by atoms with Crippen molar-refractivity contribution in [3.05, 3.63) is 59.9 Å². The molecule has 118 valence electrons. The maximum Gasteiger partial charge on any atom is 0.348 e. The van der Waals surface area contributed by atoms with E-state index in [9.17, 15) is 14.0 Å². The maximum atomic E-state index is 13.4. The number of halogens is 1. The van der Waals surface area contributed by atoms with Gasteiger partial charge in [0.15, 0.2) is 0 Å². The van der Waals surface area contributed by atoms with Gasteiger partial charge in [-0.15, -0.1) is 0 Å². The lowest BCUT2D eigenvalue weighted by Gasteiger charge is -2.33. The van der Waals surface area contributed by atoms with Gasteiger partial charge in [-0.25, -0.2) is 9.18 Å². The van der Waals surface area contributed by atoms with Gasteiger partial charge in [-0.3, -0.25) is 4.79 Å². The van der Waals surface area contributed by atoms with Crippen LogP contribution in [0.1, 0.15) is 10.4 Å². The predicted molar refractivity (Wildman–Crippen MR) is 81.0 cm³/mol. The average Bonchev–Trinajstić information content (AvgIpc) is 2.59. The van der Waals surface area contributed by atoms with Gasteiger partial charge >= 0.3 is 5.97 Å². The van der Waals surface area contributed by atoms with Gasteiger partial charge in [0.1, 0.15) is 11.6 Å². The van der Waals surface area contributed by atoms with Gasteiger partial charge in [-0.1, -0.05) is 18.2 Å².